The summed E-state index contributed by atoms with van der Waals surface area (Å²) in [6.45, 7) is 0. The molecular weight excluding hydrogens is 239 g/mol. The van der Waals surface area contributed by atoms with Gasteiger partial charge in [0, 0.05) is 0 Å². The number of rotatable bonds is 3. The molecule has 0 N–H and O–H groups in total. The normalized spacial score (nSPS) is 10.9. The van der Waals surface area contributed by atoms with Crippen molar-refractivity contribution in [2.45, 2.75) is 0 Å². The minimum atomic E-state index is -1.69. The fraction of sp³-hybridized carbons (Fsp3) is 0. The Balaban J connectivity index is 2.14. The van der Waals surface area contributed by atoms with E-state index in [1.165, 1.54) is 0 Å². The van der Waals surface area contributed by atoms with Crippen LogP contribution in [0.3, 0.4) is 0 Å². The van der Waals surface area contributed by atoms with Gasteiger partial charge in [0.05, 0.1) is 0 Å². The molecule has 0 spiro atoms. The monoisotopic (exact) mass is 248 g/mol. The molecule has 0 saturated heterocycles. The molecular formula is C12H9O2PS. The van der Waals surface area contributed by atoms with Crippen LogP contribution in [0.25, 0.3) is 0 Å². The second-order valence-corrected chi connectivity index (χ2v) is 5.19. The molecule has 4 heteroatoms. The van der Waals surface area contributed by atoms with E-state index in [0.717, 1.165) is 5.75 Å². The Kier molecular flexibility index (Phi) is 3.60. The van der Waals surface area contributed by atoms with E-state index in [4.69, 9.17) is 4.74 Å². The fourth-order valence-electron chi connectivity index (χ4n) is 1.26. The van der Waals surface area contributed by atoms with Crippen molar-refractivity contribution in [1.29, 1.82) is 0 Å². The van der Waals surface area contributed by atoms with Gasteiger partial charge in [0.2, 0.25) is 7.00 Å². The third kappa shape index (κ3) is 2.84. The van der Waals surface area contributed by atoms with Crippen molar-refractivity contribution in [2.24, 2.45) is 0 Å². The number of hydrogen-bond donors (Lipinski definition) is 0. The van der Waals surface area contributed by atoms with Crippen LogP contribution in [0.1, 0.15) is 0 Å². The average molecular weight is 248 g/mol. The Morgan fingerprint density at radius 1 is 0.875 bits per heavy atom. The molecule has 0 radical (unpaired) electrons. The van der Waals surface area contributed by atoms with E-state index in [1.807, 2.05) is 30.3 Å². The standard InChI is InChI=1S/C12H9O2PS/c13-15(16)12-8-6-11(7-9-12)14-10-4-2-1-3-5-10/h1-9H. The molecule has 2 aromatic rings. The van der Waals surface area contributed by atoms with E-state index >= 15 is 0 Å². The van der Waals surface area contributed by atoms with Crippen molar-refractivity contribution in [2.75, 3.05) is 0 Å². The van der Waals surface area contributed by atoms with E-state index < -0.39 is 7.00 Å². The molecule has 2 nitrogen and oxygen atoms in total. The van der Waals surface area contributed by atoms with Crippen LogP contribution < -0.4 is 10.0 Å². The van der Waals surface area contributed by atoms with Gasteiger partial charge < -0.3 is 17.0 Å². The van der Waals surface area contributed by atoms with Crippen LogP contribution in [-0.4, -0.2) is 0 Å². The van der Waals surface area contributed by atoms with Crippen LogP contribution in [0.15, 0.2) is 54.6 Å². The maximum Gasteiger partial charge on any atom is 0.244 e. The third-order valence-corrected chi connectivity index (χ3v) is 3.38. The van der Waals surface area contributed by atoms with Gasteiger partial charge in [-0.1, -0.05) is 22.8 Å². The van der Waals surface area contributed by atoms with E-state index in [9.17, 15) is 4.57 Å². The lowest BCUT2D eigenvalue weighted by Crippen LogP contribution is -1.93. The molecule has 2 aromatic carbocycles. The molecule has 0 fully saturated rings. The fourth-order valence-corrected chi connectivity index (χ4v) is 2.02. The van der Waals surface area contributed by atoms with E-state index in [0.29, 0.717) is 11.1 Å². The third-order valence-electron chi connectivity index (χ3n) is 2.03. The molecule has 1 unspecified atom stereocenters. The quantitative estimate of drug-likeness (QED) is 0.615. The Morgan fingerprint density at radius 3 is 2.00 bits per heavy atom. The van der Waals surface area contributed by atoms with Gasteiger partial charge in [0.15, 0.2) is 5.30 Å². The summed E-state index contributed by atoms with van der Waals surface area (Å²) in [5.41, 5.74) is 0. The smallest absolute Gasteiger partial charge is 0.244 e. The zero-order valence-electron chi connectivity index (χ0n) is 8.37. The van der Waals surface area contributed by atoms with Gasteiger partial charge in [-0.25, -0.2) is 0 Å². The minimum absolute atomic E-state index is 0.658. The highest BCUT2D eigenvalue weighted by Crippen LogP contribution is 2.22. The molecule has 0 aliphatic rings. The molecule has 0 heterocycles. The van der Waals surface area contributed by atoms with Crippen LogP contribution in [0.2, 0.25) is 0 Å². The zero-order valence-corrected chi connectivity index (χ0v) is 10.1. The maximum absolute atomic E-state index is 11.0. The average Bonchev–Trinajstić information content (AvgIpc) is 2.31. The van der Waals surface area contributed by atoms with Crippen molar-refractivity contribution in [3.63, 3.8) is 0 Å². The first-order valence-electron chi connectivity index (χ1n) is 4.73. The SMILES string of the molecule is O=[P+]([S-])c1ccc(Oc2ccccc2)cc1. The summed E-state index contributed by atoms with van der Waals surface area (Å²) in [5.74, 6) is 1.49. The van der Waals surface area contributed by atoms with Gasteiger partial charge >= 0.3 is 0 Å². The highest BCUT2D eigenvalue weighted by Gasteiger charge is 2.04. The van der Waals surface area contributed by atoms with Gasteiger partial charge in [-0.3, -0.25) is 0 Å². The van der Waals surface area contributed by atoms with Crippen molar-refractivity contribution in [3.05, 3.63) is 54.6 Å². The summed E-state index contributed by atoms with van der Waals surface area (Å²) >= 11 is 4.69. The van der Waals surface area contributed by atoms with E-state index in [1.54, 1.807) is 24.3 Å². The van der Waals surface area contributed by atoms with Crippen molar-refractivity contribution in [1.82, 2.24) is 0 Å². The Hall–Kier alpha value is -1.31. The first-order valence-corrected chi connectivity index (χ1v) is 7.00. The predicted octanol–water partition coefficient (Wildman–Crippen LogP) is 3.39. The number of hydrogen-bond acceptors (Lipinski definition) is 3. The van der Waals surface area contributed by atoms with Gasteiger partial charge in [0.1, 0.15) is 11.5 Å². The number of ether oxygens (including phenoxy) is 1. The molecule has 2 rings (SSSR count). The highest BCUT2D eigenvalue weighted by molar-refractivity contribution is 8.30. The minimum Gasteiger partial charge on any atom is -0.457 e. The molecule has 0 aliphatic heterocycles. The lowest BCUT2D eigenvalue weighted by atomic mass is 10.3. The van der Waals surface area contributed by atoms with Gasteiger partial charge in [-0.2, -0.15) is 0 Å². The zero-order chi connectivity index (χ0) is 11.4. The second kappa shape index (κ2) is 5.15. The first kappa shape index (κ1) is 11.2. The van der Waals surface area contributed by atoms with E-state index in [-0.39, 0.29) is 0 Å². The van der Waals surface area contributed by atoms with Crippen LogP contribution >= 0.6 is 7.00 Å². The molecule has 0 aliphatic carbocycles. The summed E-state index contributed by atoms with van der Waals surface area (Å²) in [6.07, 6.45) is 0. The largest absolute Gasteiger partial charge is 0.457 e. The van der Waals surface area contributed by atoms with Crippen LogP contribution in [0, 0.1) is 0 Å². The molecule has 0 saturated carbocycles. The summed E-state index contributed by atoms with van der Waals surface area (Å²) in [4.78, 5) is 0. The van der Waals surface area contributed by atoms with E-state index in [2.05, 4.69) is 12.2 Å². The lowest BCUT2D eigenvalue weighted by Gasteiger charge is -2.04. The first-order chi connectivity index (χ1) is 7.75. The van der Waals surface area contributed by atoms with Crippen LogP contribution in [0.5, 0.6) is 11.5 Å². The lowest BCUT2D eigenvalue weighted by molar-refractivity contribution is 0.483. The van der Waals surface area contributed by atoms with Crippen LogP contribution in [0.4, 0.5) is 0 Å². The van der Waals surface area contributed by atoms with Crippen molar-refractivity contribution < 1.29 is 9.30 Å². The number of para-hydroxylation sites is 1. The molecule has 0 amide bonds. The summed E-state index contributed by atoms with van der Waals surface area (Å²) < 4.78 is 16.6. The van der Waals surface area contributed by atoms with Crippen LogP contribution in [-0.2, 0) is 16.8 Å². The van der Waals surface area contributed by atoms with Crippen molar-refractivity contribution in [3.8, 4) is 11.5 Å². The summed E-state index contributed by atoms with van der Waals surface area (Å²) in [5, 5.41) is 0.658. The van der Waals surface area contributed by atoms with Gasteiger partial charge in [-0.05, 0) is 36.4 Å². The van der Waals surface area contributed by atoms with Gasteiger partial charge in [0.25, 0.3) is 0 Å². The Labute approximate surface area is 100 Å². The topological polar surface area (TPSA) is 26.3 Å². The highest BCUT2D eigenvalue weighted by atomic mass is 32.7. The second-order valence-electron chi connectivity index (χ2n) is 3.17. The molecule has 80 valence electrons. The summed E-state index contributed by atoms with van der Waals surface area (Å²) in [6, 6.07) is 16.5. The molecule has 0 aromatic heterocycles. The predicted molar refractivity (Wildman–Crippen MR) is 67.6 cm³/mol. The van der Waals surface area contributed by atoms with Gasteiger partial charge in [-0.15, -0.1) is 0 Å². The molecule has 16 heavy (non-hydrogen) atoms. The maximum atomic E-state index is 11.0. The Bertz CT molecular complexity index is 482. The Morgan fingerprint density at radius 2 is 1.44 bits per heavy atom. The number of benzene rings is 2. The summed E-state index contributed by atoms with van der Waals surface area (Å²) in [7, 11) is -1.69. The van der Waals surface area contributed by atoms with Crippen molar-refractivity contribution >= 4 is 24.6 Å². The molecule has 0 bridgehead atoms. The molecule has 1 atom stereocenters.